The number of carbonyl (C=O) groups excluding carboxylic acids is 2. The van der Waals surface area contributed by atoms with Crippen molar-refractivity contribution in [3.63, 3.8) is 0 Å². The van der Waals surface area contributed by atoms with E-state index < -0.39 is 0 Å². The van der Waals surface area contributed by atoms with Crippen LogP contribution in [0.15, 0.2) is 48.5 Å². The normalized spacial score (nSPS) is 17.0. The number of nitrogens with zero attached hydrogens (tertiary/aromatic N) is 1. The minimum Gasteiger partial charge on any atom is -0.497 e. The second-order valence-corrected chi connectivity index (χ2v) is 5.96. The number of nitrogens with one attached hydrogen (secondary N) is 1. The second kappa shape index (κ2) is 6.74. The standard InChI is InChI=1S/C19H20N2O3/c1-13-4-3-5-15(10-13)20-19(23)14-11-18(22)21(12-14)16-6-8-17(24-2)9-7-16/h3-10,14H,11-12H2,1-2H3,(H,20,23). The zero-order chi connectivity index (χ0) is 17.1. The molecule has 1 unspecified atom stereocenters. The first-order valence-electron chi connectivity index (χ1n) is 7.89. The molecule has 0 spiro atoms. The van der Waals surface area contributed by atoms with E-state index in [2.05, 4.69) is 5.32 Å². The average Bonchev–Trinajstić information content (AvgIpc) is 2.97. The zero-order valence-corrected chi connectivity index (χ0v) is 13.8. The Labute approximate surface area is 141 Å². The molecule has 1 fully saturated rings. The van der Waals surface area contributed by atoms with Gasteiger partial charge in [-0.25, -0.2) is 0 Å². The Morgan fingerprint density at radius 3 is 2.62 bits per heavy atom. The Bertz CT molecular complexity index is 755. The Balaban J connectivity index is 1.68. The maximum absolute atomic E-state index is 12.4. The lowest BCUT2D eigenvalue weighted by atomic mass is 10.1. The third-order valence-electron chi connectivity index (χ3n) is 4.17. The van der Waals surface area contributed by atoms with Crippen LogP contribution in [0.3, 0.4) is 0 Å². The second-order valence-electron chi connectivity index (χ2n) is 5.96. The SMILES string of the molecule is COc1ccc(N2CC(C(=O)Nc3cccc(C)c3)CC2=O)cc1. The van der Waals surface area contributed by atoms with Crippen LogP contribution in [0, 0.1) is 12.8 Å². The lowest BCUT2D eigenvalue weighted by molar-refractivity contribution is -0.122. The van der Waals surface area contributed by atoms with Crippen molar-refractivity contribution in [1.29, 1.82) is 0 Å². The first-order valence-corrected chi connectivity index (χ1v) is 7.89. The molecule has 3 rings (SSSR count). The van der Waals surface area contributed by atoms with Gasteiger partial charge < -0.3 is 15.0 Å². The van der Waals surface area contributed by atoms with Gasteiger partial charge in [-0.3, -0.25) is 9.59 Å². The minimum atomic E-state index is -0.347. The third kappa shape index (κ3) is 3.40. The quantitative estimate of drug-likeness (QED) is 0.940. The van der Waals surface area contributed by atoms with E-state index in [4.69, 9.17) is 4.74 Å². The summed E-state index contributed by atoms with van der Waals surface area (Å²) < 4.78 is 5.13. The minimum absolute atomic E-state index is 0.0374. The lowest BCUT2D eigenvalue weighted by Gasteiger charge is -2.17. The highest BCUT2D eigenvalue weighted by Crippen LogP contribution is 2.27. The van der Waals surface area contributed by atoms with Gasteiger partial charge in [0.2, 0.25) is 11.8 Å². The van der Waals surface area contributed by atoms with Gasteiger partial charge in [0.1, 0.15) is 5.75 Å². The molecule has 1 aliphatic heterocycles. The number of aryl methyl sites for hydroxylation is 1. The van der Waals surface area contributed by atoms with Crippen LogP contribution in [-0.4, -0.2) is 25.5 Å². The number of hydrogen-bond acceptors (Lipinski definition) is 3. The molecule has 1 N–H and O–H groups in total. The summed E-state index contributed by atoms with van der Waals surface area (Å²) in [5, 5.41) is 2.90. The van der Waals surface area contributed by atoms with Gasteiger partial charge in [-0.1, -0.05) is 12.1 Å². The molecule has 1 atom stereocenters. The number of carbonyl (C=O) groups is 2. The fraction of sp³-hybridized carbons (Fsp3) is 0.263. The van der Waals surface area contributed by atoms with Crippen molar-refractivity contribution in [3.05, 3.63) is 54.1 Å². The molecule has 2 aromatic rings. The Hall–Kier alpha value is -2.82. The fourth-order valence-electron chi connectivity index (χ4n) is 2.86. The summed E-state index contributed by atoms with van der Waals surface area (Å²) in [5.41, 5.74) is 2.62. The van der Waals surface area contributed by atoms with E-state index >= 15 is 0 Å². The molecule has 24 heavy (non-hydrogen) atoms. The predicted molar refractivity (Wildman–Crippen MR) is 93.3 cm³/mol. The van der Waals surface area contributed by atoms with Crippen LogP contribution >= 0.6 is 0 Å². The van der Waals surface area contributed by atoms with E-state index in [1.807, 2.05) is 55.5 Å². The summed E-state index contributed by atoms with van der Waals surface area (Å²) in [5.74, 6) is 0.230. The smallest absolute Gasteiger partial charge is 0.229 e. The van der Waals surface area contributed by atoms with E-state index in [-0.39, 0.29) is 24.2 Å². The lowest BCUT2D eigenvalue weighted by Crippen LogP contribution is -2.28. The highest BCUT2D eigenvalue weighted by Gasteiger charge is 2.35. The molecular weight excluding hydrogens is 304 g/mol. The molecule has 1 saturated heterocycles. The van der Waals surface area contributed by atoms with Gasteiger partial charge in [-0.2, -0.15) is 0 Å². The number of hydrogen-bond donors (Lipinski definition) is 1. The van der Waals surface area contributed by atoms with Gasteiger partial charge in [-0.05, 0) is 48.9 Å². The van der Waals surface area contributed by atoms with Crippen molar-refractivity contribution in [2.24, 2.45) is 5.92 Å². The molecular formula is C19H20N2O3. The van der Waals surface area contributed by atoms with Crippen molar-refractivity contribution in [3.8, 4) is 5.75 Å². The van der Waals surface area contributed by atoms with Gasteiger partial charge in [0, 0.05) is 24.3 Å². The summed E-state index contributed by atoms with van der Waals surface area (Å²) in [4.78, 5) is 26.4. The molecule has 0 saturated carbocycles. The maximum Gasteiger partial charge on any atom is 0.229 e. The highest BCUT2D eigenvalue weighted by molar-refractivity contribution is 6.03. The van der Waals surface area contributed by atoms with Crippen molar-refractivity contribution in [2.75, 3.05) is 23.9 Å². The summed E-state index contributed by atoms with van der Waals surface area (Å²) in [6.07, 6.45) is 0.226. The molecule has 0 aromatic heterocycles. The van der Waals surface area contributed by atoms with E-state index in [9.17, 15) is 9.59 Å². The molecule has 0 bridgehead atoms. The van der Waals surface area contributed by atoms with Crippen LogP contribution < -0.4 is 15.0 Å². The molecule has 124 valence electrons. The summed E-state index contributed by atoms with van der Waals surface area (Å²) in [6, 6.07) is 14.9. The number of amides is 2. The largest absolute Gasteiger partial charge is 0.497 e. The first kappa shape index (κ1) is 16.1. The van der Waals surface area contributed by atoms with Crippen molar-refractivity contribution < 1.29 is 14.3 Å². The van der Waals surface area contributed by atoms with Crippen LogP contribution in [0.4, 0.5) is 11.4 Å². The maximum atomic E-state index is 12.4. The van der Waals surface area contributed by atoms with Gasteiger partial charge >= 0.3 is 0 Å². The average molecular weight is 324 g/mol. The van der Waals surface area contributed by atoms with Crippen LogP contribution in [0.2, 0.25) is 0 Å². The topological polar surface area (TPSA) is 58.6 Å². The van der Waals surface area contributed by atoms with E-state index in [1.165, 1.54) is 0 Å². The predicted octanol–water partition coefficient (Wildman–Crippen LogP) is 3.00. The van der Waals surface area contributed by atoms with Crippen LogP contribution in [0.1, 0.15) is 12.0 Å². The third-order valence-corrected chi connectivity index (χ3v) is 4.17. The summed E-state index contributed by atoms with van der Waals surface area (Å²) in [7, 11) is 1.60. The van der Waals surface area contributed by atoms with Crippen molar-refractivity contribution in [1.82, 2.24) is 0 Å². The molecule has 1 heterocycles. The van der Waals surface area contributed by atoms with Crippen LogP contribution in [0.5, 0.6) is 5.75 Å². The Morgan fingerprint density at radius 2 is 1.96 bits per heavy atom. The van der Waals surface area contributed by atoms with Crippen molar-refractivity contribution in [2.45, 2.75) is 13.3 Å². The summed E-state index contributed by atoms with van der Waals surface area (Å²) in [6.45, 7) is 2.36. The number of ether oxygens (including phenoxy) is 1. The van der Waals surface area contributed by atoms with Crippen LogP contribution in [0.25, 0.3) is 0 Å². The van der Waals surface area contributed by atoms with Crippen LogP contribution in [-0.2, 0) is 9.59 Å². The van der Waals surface area contributed by atoms with Gasteiger partial charge in [0.25, 0.3) is 0 Å². The molecule has 1 aliphatic rings. The number of rotatable bonds is 4. The Kier molecular flexibility index (Phi) is 4.51. The highest BCUT2D eigenvalue weighted by atomic mass is 16.5. The van der Waals surface area contributed by atoms with Gasteiger partial charge in [0.15, 0.2) is 0 Å². The molecule has 2 aromatic carbocycles. The Morgan fingerprint density at radius 1 is 1.21 bits per heavy atom. The van der Waals surface area contributed by atoms with Gasteiger partial charge in [0.05, 0.1) is 13.0 Å². The van der Waals surface area contributed by atoms with E-state index in [0.717, 1.165) is 22.7 Å². The monoisotopic (exact) mass is 324 g/mol. The molecule has 0 aliphatic carbocycles. The zero-order valence-electron chi connectivity index (χ0n) is 13.8. The number of anilines is 2. The molecule has 5 nitrogen and oxygen atoms in total. The van der Waals surface area contributed by atoms with Crippen molar-refractivity contribution >= 4 is 23.2 Å². The summed E-state index contributed by atoms with van der Waals surface area (Å²) >= 11 is 0. The molecule has 5 heteroatoms. The first-order chi connectivity index (χ1) is 11.6. The molecule has 0 radical (unpaired) electrons. The van der Waals surface area contributed by atoms with E-state index in [0.29, 0.717) is 6.54 Å². The fourth-order valence-corrected chi connectivity index (χ4v) is 2.86. The molecule has 2 amide bonds. The van der Waals surface area contributed by atoms with E-state index in [1.54, 1.807) is 12.0 Å². The number of benzene rings is 2. The number of methoxy groups -OCH3 is 1. The van der Waals surface area contributed by atoms with Gasteiger partial charge in [-0.15, -0.1) is 0 Å².